The maximum Gasteiger partial charge on any atom is 0.0959 e. The Labute approximate surface area is 178 Å². The SMILES string of the molecule is [2H]C([2H])([2H])n1cc2c(Cl)c(-c3cc[nH]n3)c(N3CCC(N)(c4ccccc4)CC3)cc2n1. The molecule has 1 fully saturated rings. The van der Waals surface area contributed by atoms with E-state index in [2.05, 4.69) is 32.3 Å². The minimum Gasteiger partial charge on any atom is -0.371 e. The quantitative estimate of drug-likeness (QED) is 0.534. The highest BCUT2D eigenvalue weighted by molar-refractivity contribution is 6.39. The molecule has 148 valence electrons. The van der Waals surface area contributed by atoms with Crippen molar-refractivity contribution in [1.82, 2.24) is 20.0 Å². The molecule has 7 heteroatoms. The van der Waals surface area contributed by atoms with Gasteiger partial charge < -0.3 is 10.6 Å². The van der Waals surface area contributed by atoms with Crippen molar-refractivity contribution in [1.29, 1.82) is 0 Å². The lowest BCUT2D eigenvalue weighted by Crippen LogP contribution is -2.48. The second-order valence-corrected chi connectivity index (χ2v) is 7.94. The van der Waals surface area contributed by atoms with Gasteiger partial charge in [0.15, 0.2) is 0 Å². The van der Waals surface area contributed by atoms with Gasteiger partial charge in [0, 0.05) is 58.7 Å². The predicted octanol–water partition coefficient (Wildman–Crippen LogP) is 4.07. The van der Waals surface area contributed by atoms with Crippen molar-refractivity contribution in [2.45, 2.75) is 18.4 Å². The summed E-state index contributed by atoms with van der Waals surface area (Å²) in [5.41, 5.74) is 10.4. The molecule has 0 spiro atoms. The highest BCUT2D eigenvalue weighted by Gasteiger charge is 2.33. The van der Waals surface area contributed by atoms with Crippen LogP contribution in [0.2, 0.25) is 5.02 Å². The summed E-state index contributed by atoms with van der Waals surface area (Å²) < 4.78 is 24.1. The Balaban J connectivity index is 1.57. The lowest BCUT2D eigenvalue weighted by atomic mass is 9.81. The van der Waals surface area contributed by atoms with Gasteiger partial charge in [-0.25, -0.2) is 0 Å². The first-order valence-corrected chi connectivity index (χ1v) is 9.96. The summed E-state index contributed by atoms with van der Waals surface area (Å²) in [4.78, 5) is 2.23. The maximum absolute atomic E-state index is 7.69. The van der Waals surface area contributed by atoms with Crippen molar-refractivity contribution in [3.05, 3.63) is 65.4 Å². The van der Waals surface area contributed by atoms with Crippen LogP contribution in [-0.2, 0) is 12.5 Å². The van der Waals surface area contributed by atoms with Gasteiger partial charge in [0.25, 0.3) is 0 Å². The predicted molar refractivity (Wildman–Crippen MR) is 117 cm³/mol. The molecule has 1 aliphatic rings. The number of aromatic nitrogens is 4. The zero-order chi connectivity index (χ0) is 22.5. The number of aromatic amines is 1. The summed E-state index contributed by atoms with van der Waals surface area (Å²) in [7, 11) is 0. The molecule has 0 unspecified atom stereocenters. The number of aryl methyl sites for hydroxylation is 1. The van der Waals surface area contributed by atoms with E-state index in [0.717, 1.165) is 47.4 Å². The number of hydrogen-bond donors (Lipinski definition) is 2. The fraction of sp³-hybridized carbons (Fsp3) is 0.273. The minimum absolute atomic E-state index is 0.388. The molecule has 0 amide bonds. The number of rotatable bonds is 3. The number of nitrogens with zero attached hydrogens (tertiary/aromatic N) is 4. The molecule has 0 bridgehead atoms. The van der Waals surface area contributed by atoms with Crippen molar-refractivity contribution >= 4 is 28.2 Å². The molecule has 5 rings (SSSR count). The first-order valence-electron chi connectivity index (χ1n) is 11.1. The Kier molecular flexibility index (Phi) is 3.58. The molecule has 4 aromatic rings. The molecule has 3 heterocycles. The Morgan fingerprint density at radius 2 is 2.00 bits per heavy atom. The first kappa shape index (κ1) is 15.1. The number of anilines is 1. The van der Waals surface area contributed by atoms with Crippen LogP contribution in [0.4, 0.5) is 5.69 Å². The van der Waals surface area contributed by atoms with Gasteiger partial charge in [0.1, 0.15) is 0 Å². The Morgan fingerprint density at radius 1 is 1.21 bits per heavy atom. The van der Waals surface area contributed by atoms with Gasteiger partial charge in [-0.3, -0.25) is 9.78 Å². The lowest BCUT2D eigenvalue weighted by molar-refractivity contribution is 0.343. The molecule has 0 atom stereocenters. The van der Waals surface area contributed by atoms with Crippen LogP contribution in [0, 0.1) is 0 Å². The third kappa shape index (κ3) is 3.09. The molecule has 2 aromatic heterocycles. The topological polar surface area (TPSA) is 75.8 Å². The number of nitrogens with two attached hydrogens (primary N) is 1. The van der Waals surface area contributed by atoms with Crippen LogP contribution in [0.15, 0.2) is 54.9 Å². The second-order valence-electron chi connectivity index (χ2n) is 7.56. The summed E-state index contributed by atoms with van der Waals surface area (Å²) in [6.45, 7) is -0.926. The van der Waals surface area contributed by atoms with Crippen molar-refractivity contribution in [3.63, 3.8) is 0 Å². The summed E-state index contributed by atoms with van der Waals surface area (Å²) in [6, 6.07) is 13.9. The van der Waals surface area contributed by atoms with E-state index in [-0.39, 0.29) is 5.54 Å². The minimum atomic E-state index is -2.38. The largest absolute Gasteiger partial charge is 0.371 e. The normalized spacial score (nSPS) is 18.4. The van der Waals surface area contributed by atoms with Crippen LogP contribution < -0.4 is 10.6 Å². The zero-order valence-corrected chi connectivity index (χ0v) is 16.5. The average Bonchev–Trinajstić information content (AvgIpc) is 3.45. The maximum atomic E-state index is 7.69. The Hall–Kier alpha value is -2.83. The van der Waals surface area contributed by atoms with E-state index in [0.29, 0.717) is 21.6 Å². The summed E-state index contributed by atoms with van der Waals surface area (Å²) in [6.07, 6.45) is 4.76. The van der Waals surface area contributed by atoms with E-state index in [1.807, 2.05) is 30.3 Å². The number of H-pyrrole nitrogens is 1. The zero-order valence-electron chi connectivity index (χ0n) is 18.8. The number of nitrogens with one attached hydrogen (secondary N) is 1. The van der Waals surface area contributed by atoms with Crippen molar-refractivity contribution in [2.75, 3.05) is 18.0 Å². The molecule has 2 aromatic carbocycles. The fourth-order valence-electron chi connectivity index (χ4n) is 4.21. The van der Waals surface area contributed by atoms with E-state index >= 15 is 0 Å². The van der Waals surface area contributed by atoms with Crippen LogP contribution in [-0.4, -0.2) is 33.1 Å². The number of hydrogen-bond acceptors (Lipinski definition) is 4. The number of halogens is 1. The second kappa shape index (κ2) is 6.90. The molecule has 0 saturated carbocycles. The summed E-state index contributed by atoms with van der Waals surface area (Å²) in [5, 5.41) is 12.5. The Morgan fingerprint density at radius 3 is 2.69 bits per heavy atom. The molecule has 1 saturated heterocycles. The molecule has 29 heavy (non-hydrogen) atoms. The molecule has 1 aliphatic heterocycles. The van der Waals surface area contributed by atoms with Crippen LogP contribution >= 0.6 is 11.6 Å². The molecular formula is C22H23ClN6. The highest BCUT2D eigenvalue weighted by Crippen LogP contribution is 2.43. The highest BCUT2D eigenvalue weighted by atomic mass is 35.5. The third-order valence-electron chi connectivity index (χ3n) is 5.83. The van der Waals surface area contributed by atoms with Gasteiger partial charge in [-0.1, -0.05) is 41.9 Å². The fourth-order valence-corrected chi connectivity index (χ4v) is 4.55. The van der Waals surface area contributed by atoms with Gasteiger partial charge in [-0.05, 0) is 30.5 Å². The van der Waals surface area contributed by atoms with Gasteiger partial charge in [0.2, 0.25) is 0 Å². The van der Waals surface area contributed by atoms with Gasteiger partial charge in [-0.2, -0.15) is 10.2 Å². The van der Waals surface area contributed by atoms with Gasteiger partial charge in [-0.15, -0.1) is 0 Å². The van der Waals surface area contributed by atoms with E-state index in [4.69, 9.17) is 21.4 Å². The van der Waals surface area contributed by atoms with E-state index in [1.54, 1.807) is 6.20 Å². The summed E-state index contributed by atoms with van der Waals surface area (Å²) in [5.74, 6) is 0. The first-order chi connectivity index (χ1) is 15.3. The molecule has 3 N–H and O–H groups in total. The number of benzene rings is 2. The number of fused-ring (bicyclic) bond motifs is 1. The van der Waals surface area contributed by atoms with E-state index in [1.165, 1.54) is 6.20 Å². The molecule has 0 radical (unpaired) electrons. The van der Waals surface area contributed by atoms with Crippen molar-refractivity contribution < 1.29 is 4.11 Å². The van der Waals surface area contributed by atoms with E-state index in [9.17, 15) is 0 Å². The lowest BCUT2D eigenvalue weighted by Gasteiger charge is -2.41. The molecular weight excluding hydrogens is 384 g/mol. The molecule has 0 aliphatic carbocycles. The van der Waals surface area contributed by atoms with Crippen LogP contribution in [0.25, 0.3) is 22.2 Å². The molecule has 6 nitrogen and oxygen atoms in total. The standard InChI is InChI=1S/C22H23ClN6/c1-28-14-16-18(27-28)13-19(20(21(16)23)17-7-10-25-26-17)29-11-8-22(24,9-12-29)15-5-3-2-4-6-15/h2-7,10,13-14H,8-9,11-12,24H2,1H3,(H,25,26)/i1D3. The Bertz CT molecular complexity index is 1240. The van der Waals surface area contributed by atoms with Crippen LogP contribution in [0.3, 0.4) is 0 Å². The van der Waals surface area contributed by atoms with Crippen molar-refractivity contribution in [2.24, 2.45) is 12.7 Å². The monoisotopic (exact) mass is 409 g/mol. The average molecular weight is 410 g/mol. The van der Waals surface area contributed by atoms with Gasteiger partial charge >= 0.3 is 0 Å². The van der Waals surface area contributed by atoms with Gasteiger partial charge in [0.05, 0.1) is 16.2 Å². The third-order valence-corrected chi connectivity index (χ3v) is 6.22. The van der Waals surface area contributed by atoms with Crippen molar-refractivity contribution in [3.8, 4) is 11.3 Å². The van der Waals surface area contributed by atoms with E-state index < -0.39 is 6.98 Å². The number of piperidine rings is 1. The summed E-state index contributed by atoms with van der Waals surface area (Å²) >= 11 is 6.83. The van der Waals surface area contributed by atoms with Crippen LogP contribution in [0.1, 0.15) is 22.5 Å². The van der Waals surface area contributed by atoms with Crippen LogP contribution in [0.5, 0.6) is 0 Å². The smallest absolute Gasteiger partial charge is 0.0959 e.